The number of aromatic nitrogens is 5. The van der Waals surface area contributed by atoms with Crippen LogP contribution < -0.4 is 0 Å². The van der Waals surface area contributed by atoms with Gasteiger partial charge < -0.3 is 0 Å². The molecule has 0 saturated heterocycles. The Hall–Kier alpha value is -5.81. The Morgan fingerprint density at radius 3 is 1.45 bits per heavy atom. The number of hydrogen-bond donors (Lipinski definition) is 0. The van der Waals surface area contributed by atoms with Crippen molar-refractivity contribution in [3.05, 3.63) is 152 Å². The van der Waals surface area contributed by atoms with E-state index in [4.69, 9.17) is 9.97 Å². The molecule has 0 unspecified atom stereocenters. The van der Waals surface area contributed by atoms with Gasteiger partial charge in [-0.3, -0.25) is 4.98 Å². The van der Waals surface area contributed by atoms with Crippen LogP contribution in [0.3, 0.4) is 0 Å². The Labute approximate surface area is 244 Å². The summed E-state index contributed by atoms with van der Waals surface area (Å²) in [7, 11) is 0. The van der Waals surface area contributed by atoms with Gasteiger partial charge >= 0.3 is 0 Å². The highest BCUT2D eigenvalue weighted by Crippen LogP contribution is 2.32. The van der Waals surface area contributed by atoms with Crippen molar-refractivity contribution in [1.82, 2.24) is 24.9 Å². The number of rotatable bonds is 6. The summed E-state index contributed by atoms with van der Waals surface area (Å²) in [4.78, 5) is 23.0. The van der Waals surface area contributed by atoms with E-state index in [0.29, 0.717) is 5.82 Å². The first-order valence-electron chi connectivity index (χ1n) is 13.7. The van der Waals surface area contributed by atoms with Gasteiger partial charge in [-0.25, -0.2) is 19.9 Å². The summed E-state index contributed by atoms with van der Waals surface area (Å²) in [5.74, 6) is 0.623. The quantitative estimate of drug-likeness (QED) is 0.212. The second-order valence-electron chi connectivity index (χ2n) is 9.91. The van der Waals surface area contributed by atoms with E-state index >= 15 is 0 Å². The molecule has 7 rings (SSSR count). The van der Waals surface area contributed by atoms with Gasteiger partial charge in [-0.1, -0.05) is 97.1 Å². The minimum atomic E-state index is 0.623. The molecule has 0 aliphatic rings. The fraction of sp³-hybridized carbons (Fsp3) is 0. The second-order valence-corrected chi connectivity index (χ2v) is 9.91. The molecule has 4 aromatic carbocycles. The van der Waals surface area contributed by atoms with E-state index < -0.39 is 0 Å². The van der Waals surface area contributed by atoms with Gasteiger partial charge in [-0.15, -0.1) is 0 Å². The van der Waals surface area contributed by atoms with E-state index in [0.717, 1.165) is 61.6 Å². The van der Waals surface area contributed by atoms with Crippen molar-refractivity contribution in [3.8, 4) is 67.4 Å². The topological polar surface area (TPSA) is 64.5 Å². The van der Waals surface area contributed by atoms with Crippen molar-refractivity contribution in [1.29, 1.82) is 0 Å². The van der Waals surface area contributed by atoms with Crippen molar-refractivity contribution in [2.75, 3.05) is 0 Å². The van der Waals surface area contributed by atoms with Crippen LogP contribution in [0.15, 0.2) is 152 Å². The molecule has 0 N–H and O–H groups in total. The van der Waals surface area contributed by atoms with Gasteiger partial charge in [0.05, 0.1) is 17.1 Å². The molecule has 3 aromatic heterocycles. The average Bonchev–Trinajstić information content (AvgIpc) is 3.09. The molecule has 0 aliphatic carbocycles. The van der Waals surface area contributed by atoms with Crippen molar-refractivity contribution in [3.63, 3.8) is 0 Å². The lowest BCUT2D eigenvalue weighted by Crippen LogP contribution is -1.97. The number of nitrogens with zero attached hydrogens (tertiary/aromatic N) is 5. The number of hydrogen-bond acceptors (Lipinski definition) is 5. The van der Waals surface area contributed by atoms with Crippen molar-refractivity contribution in [2.24, 2.45) is 0 Å². The van der Waals surface area contributed by atoms with Gasteiger partial charge in [0.1, 0.15) is 6.33 Å². The third-order valence-electron chi connectivity index (χ3n) is 7.13. The number of benzene rings is 4. The molecule has 0 radical (unpaired) electrons. The molecule has 42 heavy (non-hydrogen) atoms. The van der Waals surface area contributed by atoms with Crippen LogP contribution in [0, 0.1) is 0 Å². The van der Waals surface area contributed by atoms with Crippen molar-refractivity contribution in [2.45, 2.75) is 0 Å². The molecular weight excluding hydrogens is 514 g/mol. The highest BCUT2D eigenvalue weighted by atomic mass is 14.9. The van der Waals surface area contributed by atoms with Crippen LogP contribution in [-0.4, -0.2) is 24.9 Å². The fourth-order valence-corrected chi connectivity index (χ4v) is 5.01. The maximum absolute atomic E-state index is 5.08. The van der Waals surface area contributed by atoms with Gasteiger partial charge in [-0.05, 0) is 52.6 Å². The summed E-state index contributed by atoms with van der Waals surface area (Å²) in [6, 6.07) is 43.8. The first-order valence-corrected chi connectivity index (χ1v) is 13.7. The van der Waals surface area contributed by atoms with Gasteiger partial charge in [0.25, 0.3) is 0 Å². The van der Waals surface area contributed by atoms with E-state index in [1.54, 1.807) is 18.6 Å². The van der Waals surface area contributed by atoms with E-state index in [9.17, 15) is 0 Å². The summed E-state index contributed by atoms with van der Waals surface area (Å²) in [6.45, 7) is 0. The third kappa shape index (κ3) is 5.31. The molecule has 3 heterocycles. The predicted molar refractivity (Wildman–Crippen MR) is 168 cm³/mol. The molecular formula is C37H25N5. The van der Waals surface area contributed by atoms with Gasteiger partial charge in [0, 0.05) is 40.8 Å². The molecule has 0 aliphatic heterocycles. The SMILES string of the molecule is c1ccc(-c2cccc(-c3cc(-c4cccc(-c5ccccc5)c4)nc(-c4ccnc(-c5cncnc5)c4)n3)c2)cc1. The Bertz CT molecular complexity index is 1730. The molecule has 5 nitrogen and oxygen atoms in total. The maximum Gasteiger partial charge on any atom is 0.160 e. The standard InChI is InChI=1S/C37H25N5/c1-3-9-26(10-4-1)28-13-7-15-30(19-28)35-22-36(31-16-8-14-29(20-31)27-11-5-2-6-12-27)42-37(41-35)32-17-18-40-34(21-32)33-23-38-25-39-24-33/h1-25H. The van der Waals surface area contributed by atoms with E-state index in [1.807, 2.05) is 24.3 Å². The third-order valence-corrected chi connectivity index (χ3v) is 7.13. The average molecular weight is 540 g/mol. The predicted octanol–water partition coefficient (Wildman–Crippen LogP) is 8.66. The molecule has 0 spiro atoms. The van der Waals surface area contributed by atoms with E-state index in [2.05, 4.69) is 118 Å². The highest BCUT2D eigenvalue weighted by molar-refractivity contribution is 5.78. The fourth-order valence-electron chi connectivity index (χ4n) is 5.01. The van der Waals surface area contributed by atoms with Crippen LogP contribution in [0.5, 0.6) is 0 Å². The zero-order valence-electron chi connectivity index (χ0n) is 22.7. The Morgan fingerprint density at radius 2 is 0.881 bits per heavy atom. The smallest absolute Gasteiger partial charge is 0.160 e. The molecule has 5 heteroatoms. The monoisotopic (exact) mass is 539 g/mol. The summed E-state index contributed by atoms with van der Waals surface area (Å²) in [5.41, 5.74) is 10.8. The second kappa shape index (κ2) is 11.4. The zero-order valence-corrected chi connectivity index (χ0v) is 22.7. The minimum Gasteiger partial charge on any atom is -0.256 e. The van der Waals surface area contributed by atoms with Crippen LogP contribution in [0.25, 0.3) is 67.4 Å². The van der Waals surface area contributed by atoms with Crippen LogP contribution in [0.2, 0.25) is 0 Å². The van der Waals surface area contributed by atoms with Crippen LogP contribution in [0.4, 0.5) is 0 Å². The normalized spacial score (nSPS) is 10.9. The minimum absolute atomic E-state index is 0.623. The first kappa shape index (κ1) is 25.2. The lowest BCUT2D eigenvalue weighted by atomic mass is 9.99. The van der Waals surface area contributed by atoms with Gasteiger partial charge in [-0.2, -0.15) is 0 Å². The first-order chi connectivity index (χ1) is 20.8. The molecule has 198 valence electrons. The number of pyridine rings is 1. The van der Waals surface area contributed by atoms with Gasteiger partial charge in [0.15, 0.2) is 5.82 Å². The molecule has 0 fully saturated rings. The van der Waals surface area contributed by atoms with Crippen LogP contribution in [-0.2, 0) is 0 Å². The molecule has 0 bridgehead atoms. The Balaban J connectivity index is 1.38. The Kier molecular flexibility index (Phi) is 6.81. The van der Waals surface area contributed by atoms with Crippen LogP contribution >= 0.6 is 0 Å². The molecule has 0 amide bonds. The van der Waals surface area contributed by atoms with Crippen molar-refractivity contribution >= 4 is 0 Å². The van der Waals surface area contributed by atoms with E-state index in [1.165, 1.54) is 6.33 Å². The Morgan fingerprint density at radius 1 is 0.357 bits per heavy atom. The lowest BCUT2D eigenvalue weighted by molar-refractivity contribution is 1.15. The van der Waals surface area contributed by atoms with Gasteiger partial charge in [0.2, 0.25) is 0 Å². The molecule has 7 aromatic rings. The largest absolute Gasteiger partial charge is 0.256 e. The summed E-state index contributed by atoms with van der Waals surface area (Å²) >= 11 is 0. The lowest BCUT2D eigenvalue weighted by Gasteiger charge is -2.12. The van der Waals surface area contributed by atoms with Crippen molar-refractivity contribution < 1.29 is 0 Å². The van der Waals surface area contributed by atoms with E-state index in [-0.39, 0.29) is 0 Å². The highest BCUT2D eigenvalue weighted by Gasteiger charge is 2.13. The summed E-state index contributed by atoms with van der Waals surface area (Å²) in [5, 5.41) is 0. The maximum atomic E-state index is 5.08. The zero-order chi connectivity index (χ0) is 28.1. The summed E-state index contributed by atoms with van der Waals surface area (Å²) in [6.07, 6.45) is 6.80. The van der Waals surface area contributed by atoms with Crippen LogP contribution in [0.1, 0.15) is 0 Å². The summed E-state index contributed by atoms with van der Waals surface area (Å²) < 4.78 is 0. The molecule has 0 saturated carbocycles. The molecule has 0 atom stereocenters.